The molecule has 0 aliphatic heterocycles. The number of ether oxygens (including phenoxy) is 2. The summed E-state index contributed by atoms with van der Waals surface area (Å²) in [7, 11) is 1.71. The summed E-state index contributed by atoms with van der Waals surface area (Å²) in [5, 5.41) is 3.38. The predicted octanol–water partition coefficient (Wildman–Crippen LogP) is 3.00. The molecule has 0 bridgehead atoms. The van der Waals surface area contributed by atoms with Crippen LogP contribution < -0.4 is 10.1 Å². The van der Waals surface area contributed by atoms with E-state index in [4.69, 9.17) is 9.47 Å². The van der Waals surface area contributed by atoms with Crippen molar-refractivity contribution in [2.24, 2.45) is 0 Å². The lowest BCUT2D eigenvalue weighted by Crippen LogP contribution is -2.20. The third kappa shape index (κ3) is 5.03. The zero-order chi connectivity index (χ0) is 14.0. The minimum atomic E-state index is 0.658. The molecule has 0 aliphatic carbocycles. The average molecular weight is 271 g/mol. The molecule has 20 heavy (non-hydrogen) atoms. The van der Waals surface area contributed by atoms with Gasteiger partial charge < -0.3 is 14.8 Å². The van der Waals surface area contributed by atoms with Crippen molar-refractivity contribution in [3.05, 3.63) is 65.7 Å². The molecule has 3 nitrogen and oxygen atoms in total. The third-order valence-corrected chi connectivity index (χ3v) is 2.92. The van der Waals surface area contributed by atoms with Crippen molar-refractivity contribution in [2.75, 3.05) is 20.3 Å². The molecule has 2 rings (SSSR count). The Morgan fingerprint density at radius 3 is 2.55 bits per heavy atom. The van der Waals surface area contributed by atoms with Crippen LogP contribution >= 0.6 is 0 Å². The Morgan fingerprint density at radius 2 is 1.75 bits per heavy atom. The summed E-state index contributed by atoms with van der Waals surface area (Å²) in [6.45, 7) is 2.99. The number of nitrogens with one attached hydrogen (secondary N) is 1. The van der Waals surface area contributed by atoms with Gasteiger partial charge in [0.05, 0.1) is 6.61 Å². The monoisotopic (exact) mass is 271 g/mol. The first-order chi connectivity index (χ1) is 9.88. The zero-order valence-electron chi connectivity index (χ0n) is 11.8. The van der Waals surface area contributed by atoms with E-state index >= 15 is 0 Å². The normalized spacial score (nSPS) is 10.4. The Hall–Kier alpha value is -1.84. The maximum atomic E-state index is 5.62. The summed E-state index contributed by atoms with van der Waals surface area (Å²) in [4.78, 5) is 0. The highest BCUT2D eigenvalue weighted by Gasteiger charge is 1.96. The van der Waals surface area contributed by atoms with Gasteiger partial charge >= 0.3 is 0 Å². The Balaban J connectivity index is 1.67. The Morgan fingerprint density at radius 1 is 0.950 bits per heavy atom. The van der Waals surface area contributed by atoms with Crippen LogP contribution in [0.15, 0.2) is 54.6 Å². The fraction of sp³-hybridized carbons (Fsp3) is 0.294. The molecule has 0 fully saturated rings. The summed E-state index contributed by atoms with van der Waals surface area (Å²) in [5.74, 6) is 0.913. The van der Waals surface area contributed by atoms with E-state index < -0.39 is 0 Å². The Labute approximate surface area is 120 Å². The van der Waals surface area contributed by atoms with Gasteiger partial charge in [-0.2, -0.15) is 0 Å². The molecule has 1 N–H and O–H groups in total. The fourth-order valence-electron chi connectivity index (χ4n) is 1.99. The van der Waals surface area contributed by atoms with Crippen molar-refractivity contribution in [2.45, 2.75) is 13.2 Å². The number of benzene rings is 2. The maximum absolute atomic E-state index is 5.62. The van der Waals surface area contributed by atoms with Crippen LogP contribution in [-0.4, -0.2) is 20.3 Å². The quantitative estimate of drug-likeness (QED) is 0.749. The van der Waals surface area contributed by atoms with Crippen molar-refractivity contribution < 1.29 is 9.47 Å². The van der Waals surface area contributed by atoms with E-state index in [2.05, 4.69) is 29.6 Å². The number of methoxy groups -OCH3 is 1. The second-order valence-electron chi connectivity index (χ2n) is 4.59. The molecular formula is C17H21NO2. The van der Waals surface area contributed by atoms with Gasteiger partial charge in [-0.05, 0) is 23.3 Å². The lowest BCUT2D eigenvalue weighted by Gasteiger charge is -2.08. The molecule has 0 heterocycles. The van der Waals surface area contributed by atoms with Crippen LogP contribution in [0.3, 0.4) is 0 Å². The lowest BCUT2D eigenvalue weighted by atomic mass is 10.1. The smallest absolute Gasteiger partial charge is 0.119 e. The summed E-state index contributed by atoms with van der Waals surface area (Å²) < 4.78 is 10.8. The second kappa shape index (κ2) is 8.35. The van der Waals surface area contributed by atoms with E-state index in [1.807, 2.05) is 30.3 Å². The third-order valence-electron chi connectivity index (χ3n) is 2.92. The van der Waals surface area contributed by atoms with Crippen molar-refractivity contribution >= 4 is 0 Å². The fourth-order valence-corrected chi connectivity index (χ4v) is 1.99. The first-order valence-corrected chi connectivity index (χ1v) is 6.84. The second-order valence-corrected chi connectivity index (χ2v) is 4.59. The van der Waals surface area contributed by atoms with Crippen LogP contribution in [0.25, 0.3) is 0 Å². The van der Waals surface area contributed by atoms with Crippen molar-refractivity contribution in [3.8, 4) is 5.75 Å². The summed E-state index contributed by atoms with van der Waals surface area (Å²) in [5.41, 5.74) is 2.46. The molecule has 0 radical (unpaired) electrons. The first-order valence-electron chi connectivity index (χ1n) is 6.84. The SMILES string of the molecule is COCc1cccc(CNCCOc2ccccc2)c1. The molecule has 2 aromatic carbocycles. The number of hydrogen-bond acceptors (Lipinski definition) is 3. The van der Waals surface area contributed by atoms with E-state index in [1.54, 1.807) is 7.11 Å². The molecule has 0 spiro atoms. The molecule has 2 aromatic rings. The molecule has 0 unspecified atom stereocenters. The minimum absolute atomic E-state index is 0.658. The highest BCUT2D eigenvalue weighted by atomic mass is 16.5. The Bertz CT molecular complexity index is 499. The minimum Gasteiger partial charge on any atom is -0.492 e. The van der Waals surface area contributed by atoms with Crippen molar-refractivity contribution in [1.29, 1.82) is 0 Å². The summed E-state index contributed by atoms with van der Waals surface area (Å²) >= 11 is 0. The molecular weight excluding hydrogens is 250 g/mol. The van der Waals surface area contributed by atoms with Gasteiger partial charge in [0.25, 0.3) is 0 Å². The summed E-state index contributed by atoms with van der Waals surface area (Å²) in [6.07, 6.45) is 0. The molecule has 0 saturated carbocycles. The highest BCUT2D eigenvalue weighted by molar-refractivity contribution is 5.23. The van der Waals surface area contributed by atoms with Gasteiger partial charge in [-0.15, -0.1) is 0 Å². The van der Waals surface area contributed by atoms with E-state index in [-0.39, 0.29) is 0 Å². The van der Waals surface area contributed by atoms with Crippen LogP contribution in [0, 0.1) is 0 Å². The molecule has 0 aromatic heterocycles. The van der Waals surface area contributed by atoms with Gasteiger partial charge in [0.15, 0.2) is 0 Å². The Kier molecular flexibility index (Phi) is 6.08. The maximum Gasteiger partial charge on any atom is 0.119 e. The molecule has 0 aliphatic rings. The molecule has 0 amide bonds. The van der Waals surface area contributed by atoms with Crippen LogP contribution in [0.1, 0.15) is 11.1 Å². The van der Waals surface area contributed by atoms with Gasteiger partial charge in [-0.1, -0.05) is 42.5 Å². The largest absolute Gasteiger partial charge is 0.492 e. The molecule has 106 valence electrons. The van der Waals surface area contributed by atoms with Crippen LogP contribution in [0.2, 0.25) is 0 Å². The first kappa shape index (κ1) is 14.6. The van der Waals surface area contributed by atoms with Crippen LogP contribution in [0.4, 0.5) is 0 Å². The van der Waals surface area contributed by atoms with Gasteiger partial charge in [0.1, 0.15) is 12.4 Å². The topological polar surface area (TPSA) is 30.5 Å². The number of hydrogen-bond donors (Lipinski definition) is 1. The van der Waals surface area contributed by atoms with Crippen LogP contribution in [-0.2, 0) is 17.9 Å². The number of rotatable bonds is 8. The van der Waals surface area contributed by atoms with Crippen LogP contribution in [0.5, 0.6) is 5.75 Å². The summed E-state index contributed by atoms with van der Waals surface area (Å²) in [6, 6.07) is 18.3. The van der Waals surface area contributed by atoms with Gasteiger partial charge in [0.2, 0.25) is 0 Å². The molecule has 0 saturated heterocycles. The molecule has 0 atom stereocenters. The van der Waals surface area contributed by atoms with E-state index in [0.29, 0.717) is 13.2 Å². The zero-order valence-corrected chi connectivity index (χ0v) is 11.8. The van der Waals surface area contributed by atoms with Crippen molar-refractivity contribution in [3.63, 3.8) is 0 Å². The average Bonchev–Trinajstić information content (AvgIpc) is 2.49. The predicted molar refractivity (Wildman–Crippen MR) is 80.8 cm³/mol. The standard InChI is InChI=1S/C17H21NO2/c1-19-14-16-7-5-6-15(12-16)13-18-10-11-20-17-8-3-2-4-9-17/h2-9,12,18H,10-11,13-14H2,1H3. The van der Waals surface area contributed by atoms with E-state index in [9.17, 15) is 0 Å². The van der Waals surface area contributed by atoms with E-state index in [1.165, 1.54) is 11.1 Å². The highest BCUT2D eigenvalue weighted by Crippen LogP contribution is 2.08. The van der Waals surface area contributed by atoms with Gasteiger partial charge in [0, 0.05) is 20.2 Å². The lowest BCUT2D eigenvalue weighted by molar-refractivity contribution is 0.185. The molecule has 3 heteroatoms. The van der Waals surface area contributed by atoms with Crippen molar-refractivity contribution in [1.82, 2.24) is 5.32 Å². The van der Waals surface area contributed by atoms with Gasteiger partial charge in [-0.25, -0.2) is 0 Å². The van der Waals surface area contributed by atoms with Gasteiger partial charge in [-0.3, -0.25) is 0 Å². The van der Waals surface area contributed by atoms with E-state index in [0.717, 1.165) is 18.8 Å². The number of para-hydroxylation sites is 1.